The third-order valence-electron chi connectivity index (χ3n) is 3.99. The van der Waals surface area contributed by atoms with Gasteiger partial charge in [0.25, 0.3) is 0 Å². The molecule has 3 aromatic carbocycles. The van der Waals surface area contributed by atoms with Gasteiger partial charge in [0.2, 0.25) is 0 Å². The average molecular weight is 336 g/mol. The quantitative estimate of drug-likeness (QED) is 0.721. The van der Waals surface area contributed by atoms with E-state index in [9.17, 15) is 14.5 Å². The lowest BCUT2D eigenvalue weighted by Crippen LogP contribution is -2.26. The Hall–Kier alpha value is -2.64. The summed E-state index contributed by atoms with van der Waals surface area (Å²) in [7, 11) is -3.41. The first-order valence-corrected chi connectivity index (χ1v) is 9.40. The van der Waals surface area contributed by atoms with Crippen LogP contribution in [-0.2, 0) is 9.36 Å². The van der Waals surface area contributed by atoms with Crippen LogP contribution in [0.2, 0.25) is 0 Å². The van der Waals surface area contributed by atoms with Crippen molar-refractivity contribution >= 4 is 23.7 Å². The molecule has 3 rings (SSSR count). The predicted octanol–water partition coefficient (Wildman–Crippen LogP) is 3.83. The summed E-state index contributed by atoms with van der Waals surface area (Å²) in [5, 5.41) is 11.0. The van der Waals surface area contributed by atoms with Gasteiger partial charge in [-0.05, 0) is 5.56 Å². The summed E-state index contributed by atoms with van der Waals surface area (Å²) in [6.45, 7) is 0. The molecule has 0 unspecified atom stereocenters. The van der Waals surface area contributed by atoms with Crippen LogP contribution < -0.4 is 10.6 Å². The van der Waals surface area contributed by atoms with E-state index in [1.54, 1.807) is 72.8 Å². The fourth-order valence-electron chi connectivity index (χ4n) is 2.89. The second-order valence-corrected chi connectivity index (χ2v) is 8.35. The van der Waals surface area contributed by atoms with E-state index in [1.165, 1.54) is 0 Å². The molecule has 0 aromatic heterocycles. The van der Waals surface area contributed by atoms with Gasteiger partial charge in [-0.25, -0.2) is 0 Å². The Bertz CT molecular complexity index is 818. The molecule has 0 spiro atoms. The van der Waals surface area contributed by atoms with Crippen molar-refractivity contribution < 1.29 is 14.5 Å². The molecule has 0 fully saturated rings. The van der Waals surface area contributed by atoms with Crippen molar-refractivity contribution in [2.24, 2.45) is 0 Å². The molecule has 24 heavy (non-hydrogen) atoms. The molecule has 0 aliphatic heterocycles. The van der Waals surface area contributed by atoms with E-state index >= 15 is 0 Å². The van der Waals surface area contributed by atoms with Gasteiger partial charge in [0.1, 0.15) is 5.66 Å². The molecule has 4 heteroatoms. The summed E-state index contributed by atoms with van der Waals surface area (Å²) in [6, 6.07) is 26.6. The maximum atomic E-state index is 14.2. The Morgan fingerprint density at radius 2 is 1.08 bits per heavy atom. The van der Waals surface area contributed by atoms with Gasteiger partial charge in [0.05, 0.1) is 0 Å². The van der Waals surface area contributed by atoms with Gasteiger partial charge < -0.3 is 9.67 Å². The lowest BCUT2D eigenvalue weighted by atomic mass is 10.1. The molecule has 0 amide bonds. The lowest BCUT2D eigenvalue weighted by molar-refractivity contribution is -0.136. The number of carbonyl (C=O) groups is 1. The van der Waals surface area contributed by atoms with Crippen LogP contribution in [-0.4, -0.2) is 11.1 Å². The van der Waals surface area contributed by atoms with Crippen molar-refractivity contribution in [1.29, 1.82) is 0 Å². The number of hydrogen-bond acceptors (Lipinski definition) is 2. The van der Waals surface area contributed by atoms with Crippen molar-refractivity contribution in [3.05, 3.63) is 96.6 Å². The van der Waals surface area contributed by atoms with Crippen molar-refractivity contribution in [3.63, 3.8) is 0 Å². The molecule has 3 aromatic rings. The Balaban J connectivity index is 2.28. The lowest BCUT2D eigenvalue weighted by Gasteiger charge is -2.26. The first-order valence-electron chi connectivity index (χ1n) is 7.63. The summed E-state index contributed by atoms with van der Waals surface area (Å²) < 4.78 is 14.2. The van der Waals surface area contributed by atoms with Gasteiger partial charge in [-0.3, -0.25) is 4.79 Å². The minimum absolute atomic E-state index is 0.543. The molecule has 3 nitrogen and oxygen atoms in total. The SMILES string of the molecule is O=C(O)[C@@H](c1ccccc1)P(=O)(c1ccccc1)c1ccccc1. The molecular formula is C20H17O3P. The van der Waals surface area contributed by atoms with Gasteiger partial charge in [-0.2, -0.15) is 0 Å². The zero-order chi connectivity index (χ0) is 17.0. The molecule has 0 saturated carbocycles. The van der Waals surface area contributed by atoms with E-state index in [-0.39, 0.29) is 0 Å². The number of carboxylic acid groups (broad SMARTS) is 1. The second kappa shape index (κ2) is 6.86. The number of aliphatic carboxylic acids is 1. The summed E-state index contributed by atoms with van der Waals surface area (Å²) in [5.41, 5.74) is -0.579. The third-order valence-corrected chi connectivity index (χ3v) is 7.37. The molecule has 0 aliphatic carbocycles. The Kier molecular flexibility index (Phi) is 4.64. The first kappa shape index (κ1) is 16.2. The molecule has 0 aliphatic rings. The molecule has 120 valence electrons. The smallest absolute Gasteiger partial charge is 0.319 e. The van der Waals surface area contributed by atoms with Crippen LogP contribution in [0.4, 0.5) is 0 Å². The van der Waals surface area contributed by atoms with Gasteiger partial charge in [0.15, 0.2) is 7.14 Å². The van der Waals surface area contributed by atoms with Crippen LogP contribution in [0.15, 0.2) is 91.0 Å². The van der Waals surface area contributed by atoms with Crippen LogP contribution >= 0.6 is 7.14 Å². The van der Waals surface area contributed by atoms with E-state index in [0.29, 0.717) is 16.2 Å². The van der Waals surface area contributed by atoms with Gasteiger partial charge >= 0.3 is 5.97 Å². The molecule has 0 radical (unpaired) electrons. The van der Waals surface area contributed by atoms with Crippen molar-refractivity contribution in [2.45, 2.75) is 5.66 Å². The third kappa shape index (κ3) is 2.91. The number of rotatable bonds is 5. The first-order chi connectivity index (χ1) is 11.6. The normalized spacial score (nSPS) is 12.5. The summed E-state index contributed by atoms with van der Waals surface area (Å²) >= 11 is 0. The monoisotopic (exact) mass is 336 g/mol. The standard InChI is InChI=1S/C20H17O3P/c21-20(22)19(16-10-4-1-5-11-16)24(23,17-12-6-2-7-13-17)18-14-8-3-9-15-18/h1-15,19H,(H,21,22)/t19-/m1/s1. The Morgan fingerprint density at radius 3 is 1.46 bits per heavy atom. The van der Waals surface area contributed by atoms with Crippen molar-refractivity contribution in [1.82, 2.24) is 0 Å². The molecule has 0 bridgehead atoms. The van der Waals surface area contributed by atoms with Gasteiger partial charge in [-0.15, -0.1) is 0 Å². The highest BCUT2D eigenvalue weighted by atomic mass is 31.2. The summed E-state index contributed by atoms with van der Waals surface area (Å²) in [4.78, 5) is 12.1. The fraction of sp³-hybridized carbons (Fsp3) is 0.0500. The second-order valence-electron chi connectivity index (χ2n) is 5.48. The maximum absolute atomic E-state index is 14.2. The minimum Gasteiger partial charge on any atom is -0.480 e. The van der Waals surface area contributed by atoms with Crippen LogP contribution in [0.3, 0.4) is 0 Å². The van der Waals surface area contributed by atoms with Crippen LogP contribution in [0.5, 0.6) is 0 Å². The maximum Gasteiger partial charge on any atom is 0.319 e. The fourth-order valence-corrected chi connectivity index (χ4v) is 5.92. The number of benzene rings is 3. The highest BCUT2D eigenvalue weighted by Gasteiger charge is 2.42. The Morgan fingerprint density at radius 1 is 0.708 bits per heavy atom. The van der Waals surface area contributed by atoms with E-state index in [2.05, 4.69) is 0 Å². The van der Waals surface area contributed by atoms with E-state index in [4.69, 9.17) is 0 Å². The van der Waals surface area contributed by atoms with Gasteiger partial charge in [0, 0.05) is 10.6 Å². The topological polar surface area (TPSA) is 54.4 Å². The molecular weight excluding hydrogens is 319 g/mol. The minimum atomic E-state index is -3.41. The zero-order valence-electron chi connectivity index (χ0n) is 12.9. The predicted molar refractivity (Wildman–Crippen MR) is 96.6 cm³/mol. The molecule has 1 atom stereocenters. The number of carboxylic acids is 1. The molecule has 0 heterocycles. The zero-order valence-corrected chi connectivity index (χ0v) is 13.8. The molecule has 0 saturated heterocycles. The van der Waals surface area contributed by atoms with E-state index in [1.807, 2.05) is 18.2 Å². The van der Waals surface area contributed by atoms with Gasteiger partial charge in [-0.1, -0.05) is 91.0 Å². The largest absolute Gasteiger partial charge is 0.480 e. The van der Waals surface area contributed by atoms with E-state index < -0.39 is 18.8 Å². The van der Waals surface area contributed by atoms with Crippen LogP contribution in [0, 0.1) is 0 Å². The van der Waals surface area contributed by atoms with Crippen molar-refractivity contribution in [2.75, 3.05) is 0 Å². The van der Waals surface area contributed by atoms with Crippen LogP contribution in [0.25, 0.3) is 0 Å². The Labute approximate surface area is 141 Å². The van der Waals surface area contributed by atoms with Crippen LogP contribution in [0.1, 0.15) is 11.2 Å². The van der Waals surface area contributed by atoms with E-state index in [0.717, 1.165) is 0 Å². The summed E-state index contributed by atoms with van der Waals surface area (Å²) in [5.74, 6) is -1.09. The van der Waals surface area contributed by atoms with Crippen molar-refractivity contribution in [3.8, 4) is 0 Å². The summed E-state index contributed by atoms with van der Waals surface area (Å²) in [6.07, 6.45) is 0. The highest BCUT2D eigenvalue weighted by molar-refractivity contribution is 7.79. The average Bonchev–Trinajstić information content (AvgIpc) is 2.64. The molecule has 1 N–H and O–H groups in total. The highest BCUT2D eigenvalue weighted by Crippen LogP contribution is 2.57. The number of hydrogen-bond donors (Lipinski definition) is 1.